The van der Waals surface area contributed by atoms with Crippen LogP contribution in [0.2, 0.25) is 0 Å². The standard InChI is InChI=1S/C27H21N3O5S/c31-25(28-19-7-9-23-24(12-19)35-16-34-23)13-30-21-11-18(6-8-22(21)33-14-27(30)32)20-15-36-26(29-20)10-17-4-2-1-3-5-17/h1-9,11-12,15H,10,13-14,16H2,(H,28,31). The number of anilines is 2. The van der Waals surface area contributed by atoms with E-state index in [1.54, 1.807) is 29.5 Å². The zero-order valence-corrected chi connectivity index (χ0v) is 19.9. The molecule has 2 aliphatic rings. The zero-order chi connectivity index (χ0) is 24.5. The average molecular weight is 500 g/mol. The van der Waals surface area contributed by atoms with E-state index < -0.39 is 0 Å². The van der Waals surface area contributed by atoms with Gasteiger partial charge in [-0.05, 0) is 35.9 Å². The van der Waals surface area contributed by atoms with Gasteiger partial charge in [0.15, 0.2) is 18.1 Å². The Labute approximate surface area is 211 Å². The van der Waals surface area contributed by atoms with Crippen LogP contribution in [0, 0.1) is 0 Å². The molecule has 8 nitrogen and oxygen atoms in total. The topological polar surface area (TPSA) is 90.0 Å². The van der Waals surface area contributed by atoms with Crippen molar-refractivity contribution in [2.45, 2.75) is 6.42 Å². The summed E-state index contributed by atoms with van der Waals surface area (Å²) in [6, 6.07) is 20.9. The molecule has 2 aliphatic heterocycles. The minimum Gasteiger partial charge on any atom is -0.482 e. The van der Waals surface area contributed by atoms with E-state index in [4.69, 9.17) is 19.2 Å². The molecule has 0 fully saturated rings. The van der Waals surface area contributed by atoms with Crippen molar-refractivity contribution in [1.29, 1.82) is 0 Å². The summed E-state index contributed by atoms with van der Waals surface area (Å²) in [5, 5.41) is 5.83. The first-order valence-electron chi connectivity index (χ1n) is 11.4. The summed E-state index contributed by atoms with van der Waals surface area (Å²) in [6.45, 7) is -0.119. The van der Waals surface area contributed by atoms with Crippen LogP contribution in [0.5, 0.6) is 17.2 Å². The van der Waals surface area contributed by atoms with E-state index in [9.17, 15) is 9.59 Å². The average Bonchev–Trinajstić information content (AvgIpc) is 3.55. The normalized spacial score (nSPS) is 13.8. The Morgan fingerprint density at radius 2 is 1.81 bits per heavy atom. The fourth-order valence-electron chi connectivity index (χ4n) is 4.15. The monoisotopic (exact) mass is 499 g/mol. The summed E-state index contributed by atoms with van der Waals surface area (Å²) in [5.41, 5.74) is 3.97. The van der Waals surface area contributed by atoms with Crippen LogP contribution in [0.3, 0.4) is 0 Å². The van der Waals surface area contributed by atoms with E-state index >= 15 is 0 Å². The number of carbonyl (C=O) groups excluding carboxylic acids is 2. The Morgan fingerprint density at radius 1 is 0.972 bits per heavy atom. The number of hydrogen-bond donors (Lipinski definition) is 1. The molecule has 0 unspecified atom stereocenters. The van der Waals surface area contributed by atoms with Gasteiger partial charge in [-0.15, -0.1) is 11.3 Å². The van der Waals surface area contributed by atoms with E-state index in [1.165, 1.54) is 10.5 Å². The Kier molecular flexibility index (Phi) is 5.74. The van der Waals surface area contributed by atoms with Gasteiger partial charge in [-0.3, -0.25) is 14.5 Å². The minimum absolute atomic E-state index is 0.123. The maximum absolute atomic E-state index is 12.8. The number of thiazole rings is 1. The maximum atomic E-state index is 12.8. The molecule has 1 N–H and O–H groups in total. The molecule has 0 saturated carbocycles. The fourth-order valence-corrected chi connectivity index (χ4v) is 4.99. The number of hydrogen-bond acceptors (Lipinski definition) is 7. The van der Waals surface area contributed by atoms with Crippen LogP contribution in [-0.2, 0) is 16.0 Å². The van der Waals surface area contributed by atoms with Crippen LogP contribution in [0.25, 0.3) is 11.3 Å². The molecule has 3 heterocycles. The molecule has 3 aromatic carbocycles. The lowest BCUT2D eigenvalue weighted by atomic mass is 10.1. The molecule has 0 atom stereocenters. The van der Waals surface area contributed by atoms with Crippen molar-refractivity contribution >= 4 is 34.5 Å². The molecule has 0 bridgehead atoms. The number of nitrogens with zero attached hydrogens (tertiary/aromatic N) is 2. The summed E-state index contributed by atoms with van der Waals surface area (Å²) < 4.78 is 16.3. The molecule has 1 aromatic heterocycles. The number of ether oxygens (including phenoxy) is 3. The van der Waals surface area contributed by atoms with Crippen LogP contribution in [0.15, 0.2) is 72.1 Å². The van der Waals surface area contributed by atoms with E-state index in [1.807, 2.05) is 41.8 Å². The largest absolute Gasteiger partial charge is 0.482 e. The zero-order valence-electron chi connectivity index (χ0n) is 19.1. The Balaban J connectivity index is 1.21. The summed E-state index contributed by atoms with van der Waals surface area (Å²) in [7, 11) is 0. The highest BCUT2D eigenvalue weighted by Crippen LogP contribution is 2.37. The van der Waals surface area contributed by atoms with Gasteiger partial charge in [0.2, 0.25) is 12.7 Å². The van der Waals surface area contributed by atoms with Crippen LogP contribution >= 0.6 is 11.3 Å². The van der Waals surface area contributed by atoms with Crippen molar-refractivity contribution in [3.63, 3.8) is 0 Å². The Morgan fingerprint density at radius 3 is 2.69 bits per heavy atom. The lowest BCUT2D eigenvalue weighted by molar-refractivity contribution is -0.123. The van der Waals surface area contributed by atoms with Crippen molar-refractivity contribution in [3.8, 4) is 28.5 Å². The fraction of sp³-hybridized carbons (Fsp3) is 0.148. The van der Waals surface area contributed by atoms with Crippen LogP contribution < -0.4 is 24.4 Å². The van der Waals surface area contributed by atoms with E-state index in [0.29, 0.717) is 28.6 Å². The quantitative estimate of drug-likeness (QED) is 0.420. The molecular weight excluding hydrogens is 478 g/mol. The number of fused-ring (bicyclic) bond motifs is 2. The van der Waals surface area contributed by atoms with Crippen molar-refractivity contribution < 1.29 is 23.8 Å². The predicted molar refractivity (Wildman–Crippen MR) is 136 cm³/mol. The molecule has 4 aromatic rings. The van der Waals surface area contributed by atoms with Gasteiger partial charge in [0, 0.05) is 29.1 Å². The highest BCUT2D eigenvalue weighted by Gasteiger charge is 2.28. The van der Waals surface area contributed by atoms with Gasteiger partial charge in [-0.25, -0.2) is 4.98 Å². The van der Waals surface area contributed by atoms with Crippen molar-refractivity contribution in [1.82, 2.24) is 4.98 Å². The van der Waals surface area contributed by atoms with Gasteiger partial charge >= 0.3 is 0 Å². The Hall–Kier alpha value is -4.37. The maximum Gasteiger partial charge on any atom is 0.265 e. The highest BCUT2D eigenvalue weighted by molar-refractivity contribution is 7.10. The number of rotatable bonds is 6. The second kappa shape index (κ2) is 9.35. The lowest BCUT2D eigenvalue weighted by Crippen LogP contribution is -2.43. The smallest absolute Gasteiger partial charge is 0.265 e. The second-order valence-electron chi connectivity index (χ2n) is 8.36. The molecule has 0 spiro atoms. The summed E-state index contributed by atoms with van der Waals surface area (Å²) in [6.07, 6.45) is 0.754. The summed E-state index contributed by atoms with van der Waals surface area (Å²) in [5.74, 6) is 1.13. The lowest BCUT2D eigenvalue weighted by Gasteiger charge is -2.29. The third-order valence-corrected chi connectivity index (χ3v) is 6.75. The first-order chi connectivity index (χ1) is 17.6. The van der Waals surface area contributed by atoms with Crippen molar-refractivity contribution in [2.75, 3.05) is 30.2 Å². The molecule has 0 saturated heterocycles. The third kappa shape index (κ3) is 4.48. The molecule has 2 amide bonds. The number of amides is 2. The van der Waals surface area contributed by atoms with Gasteiger partial charge in [0.05, 0.1) is 16.4 Å². The summed E-state index contributed by atoms with van der Waals surface area (Å²) in [4.78, 5) is 31.8. The second-order valence-corrected chi connectivity index (χ2v) is 9.30. The van der Waals surface area contributed by atoms with Gasteiger partial charge in [0.25, 0.3) is 5.91 Å². The summed E-state index contributed by atoms with van der Waals surface area (Å²) >= 11 is 1.59. The number of nitrogens with one attached hydrogen (secondary N) is 1. The molecule has 36 heavy (non-hydrogen) atoms. The highest BCUT2D eigenvalue weighted by atomic mass is 32.1. The number of benzene rings is 3. The van der Waals surface area contributed by atoms with Gasteiger partial charge < -0.3 is 19.5 Å². The first kappa shape index (κ1) is 22.1. The molecular formula is C27H21N3O5S. The predicted octanol–water partition coefficient (Wildman–Crippen LogP) is 4.49. The molecule has 0 aliphatic carbocycles. The van der Waals surface area contributed by atoms with Crippen LogP contribution in [0.1, 0.15) is 10.6 Å². The molecule has 9 heteroatoms. The van der Waals surface area contributed by atoms with Crippen molar-refractivity contribution in [3.05, 3.63) is 82.7 Å². The number of carbonyl (C=O) groups is 2. The number of aromatic nitrogens is 1. The first-order valence-corrected chi connectivity index (χ1v) is 12.3. The van der Waals surface area contributed by atoms with E-state index in [2.05, 4.69) is 17.4 Å². The van der Waals surface area contributed by atoms with E-state index in [-0.39, 0.29) is 31.8 Å². The molecule has 6 rings (SSSR count). The molecule has 0 radical (unpaired) electrons. The van der Waals surface area contributed by atoms with Crippen LogP contribution in [0.4, 0.5) is 11.4 Å². The van der Waals surface area contributed by atoms with Gasteiger partial charge in [-0.1, -0.05) is 30.3 Å². The SMILES string of the molecule is O=C(CN1C(=O)COc2ccc(-c3csc(Cc4ccccc4)n3)cc21)Nc1ccc2c(c1)OCO2. The van der Waals surface area contributed by atoms with E-state index in [0.717, 1.165) is 22.7 Å². The molecule has 180 valence electrons. The van der Waals surface area contributed by atoms with Crippen LogP contribution in [-0.4, -0.2) is 36.7 Å². The van der Waals surface area contributed by atoms with Gasteiger partial charge in [-0.2, -0.15) is 0 Å². The Bertz CT molecular complexity index is 1450. The third-order valence-electron chi connectivity index (χ3n) is 5.91. The minimum atomic E-state index is -0.334. The van der Waals surface area contributed by atoms with Crippen molar-refractivity contribution in [2.24, 2.45) is 0 Å². The van der Waals surface area contributed by atoms with Gasteiger partial charge in [0.1, 0.15) is 12.3 Å².